The molecular weight excluding hydrogens is 264 g/mol. The third-order valence-corrected chi connectivity index (χ3v) is 4.61. The average molecular weight is 288 g/mol. The average Bonchev–Trinajstić information content (AvgIpc) is 2.50. The van der Waals surface area contributed by atoms with Crippen LogP contribution < -0.4 is 5.32 Å². The summed E-state index contributed by atoms with van der Waals surface area (Å²) in [5.74, 6) is -0.107. The van der Waals surface area contributed by atoms with E-state index in [1.165, 1.54) is 0 Å². The fourth-order valence-electron chi connectivity index (χ4n) is 2.92. The number of nitrogens with zero attached hydrogens (tertiary/aromatic N) is 1. The molecule has 2 unspecified atom stereocenters. The van der Waals surface area contributed by atoms with Crippen LogP contribution in [0.3, 0.4) is 0 Å². The van der Waals surface area contributed by atoms with Gasteiger partial charge in [-0.1, -0.05) is 44.2 Å². The van der Waals surface area contributed by atoms with Crippen LogP contribution in [0.4, 0.5) is 0 Å². The summed E-state index contributed by atoms with van der Waals surface area (Å²) in [5.41, 5.74) is -0.925. The van der Waals surface area contributed by atoms with Gasteiger partial charge in [0, 0.05) is 6.54 Å². The van der Waals surface area contributed by atoms with Crippen LogP contribution in [0.5, 0.6) is 0 Å². The van der Waals surface area contributed by atoms with E-state index in [0.29, 0.717) is 13.0 Å². The molecule has 2 rings (SSSR count). The van der Waals surface area contributed by atoms with Gasteiger partial charge >= 0.3 is 0 Å². The molecule has 1 aromatic carbocycles. The van der Waals surface area contributed by atoms with Crippen molar-refractivity contribution in [3.8, 4) is 0 Å². The van der Waals surface area contributed by atoms with E-state index in [9.17, 15) is 9.59 Å². The van der Waals surface area contributed by atoms with Crippen molar-refractivity contribution >= 4 is 11.8 Å². The third-order valence-electron chi connectivity index (χ3n) is 4.61. The molecule has 1 aromatic rings. The molecule has 0 bridgehead atoms. The smallest absolute Gasteiger partial charge is 0.253 e. The van der Waals surface area contributed by atoms with Gasteiger partial charge in [0.1, 0.15) is 11.1 Å². The fraction of sp³-hybridized carbons (Fsp3) is 0.529. The monoisotopic (exact) mass is 288 g/mol. The lowest BCUT2D eigenvalue weighted by Crippen LogP contribution is -2.72. The van der Waals surface area contributed by atoms with E-state index >= 15 is 0 Å². The molecule has 2 amide bonds. The second-order valence-electron chi connectivity index (χ2n) is 6.03. The van der Waals surface area contributed by atoms with Gasteiger partial charge in [0.25, 0.3) is 5.91 Å². The second-order valence-corrected chi connectivity index (χ2v) is 6.03. The summed E-state index contributed by atoms with van der Waals surface area (Å²) in [7, 11) is 0. The van der Waals surface area contributed by atoms with Crippen molar-refractivity contribution in [2.45, 2.75) is 51.6 Å². The number of hydrogen-bond acceptors (Lipinski definition) is 2. The van der Waals surface area contributed by atoms with Gasteiger partial charge in [0.05, 0.1) is 0 Å². The fourth-order valence-corrected chi connectivity index (χ4v) is 2.92. The van der Waals surface area contributed by atoms with E-state index in [2.05, 4.69) is 5.32 Å². The van der Waals surface area contributed by atoms with Crippen molar-refractivity contribution in [3.05, 3.63) is 35.9 Å². The summed E-state index contributed by atoms with van der Waals surface area (Å²) in [6, 6.07) is 9.45. The van der Waals surface area contributed by atoms with Crippen molar-refractivity contribution < 1.29 is 9.59 Å². The molecule has 1 aliphatic rings. The number of hydrogen-bond donors (Lipinski definition) is 1. The predicted octanol–water partition coefficient (Wildman–Crippen LogP) is 2.44. The van der Waals surface area contributed by atoms with Crippen LogP contribution in [0, 0.1) is 0 Å². The summed E-state index contributed by atoms with van der Waals surface area (Å²) >= 11 is 0. The van der Waals surface area contributed by atoms with E-state index in [4.69, 9.17) is 0 Å². The number of carbonyl (C=O) groups excluding carboxylic acids is 2. The van der Waals surface area contributed by atoms with Gasteiger partial charge in [-0.2, -0.15) is 0 Å². The largest absolute Gasteiger partial charge is 0.336 e. The van der Waals surface area contributed by atoms with Crippen LogP contribution in [0.15, 0.2) is 30.3 Å². The van der Waals surface area contributed by atoms with Crippen LogP contribution in [0.2, 0.25) is 0 Å². The predicted molar refractivity (Wildman–Crippen MR) is 82.6 cm³/mol. The first-order valence-corrected chi connectivity index (χ1v) is 7.60. The normalized spacial score (nSPS) is 29.4. The number of carbonyl (C=O) groups is 2. The molecule has 21 heavy (non-hydrogen) atoms. The zero-order valence-corrected chi connectivity index (χ0v) is 13.3. The number of nitrogens with one attached hydrogen (secondary N) is 1. The Hall–Kier alpha value is -1.84. The Morgan fingerprint density at radius 2 is 1.71 bits per heavy atom. The Balaban J connectivity index is 2.49. The second kappa shape index (κ2) is 5.51. The Kier molecular flexibility index (Phi) is 4.08. The number of rotatable bonds is 4. The molecule has 4 heteroatoms. The lowest BCUT2D eigenvalue weighted by molar-refractivity contribution is -0.162. The van der Waals surface area contributed by atoms with E-state index in [-0.39, 0.29) is 11.8 Å². The van der Waals surface area contributed by atoms with Crippen molar-refractivity contribution in [2.24, 2.45) is 0 Å². The maximum atomic E-state index is 13.1. The number of amides is 2. The van der Waals surface area contributed by atoms with Gasteiger partial charge in [-0.05, 0) is 32.3 Å². The SMILES string of the molecule is CCCN1C(=O)C(C)(c2ccccc2)NC(=O)C1(C)CC. The molecule has 1 N–H and O–H groups in total. The Morgan fingerprint density at radius 1 is 1.10 bits per heavy atom. The van der Waals surface area contributed by atoms with Crippen molar-refractivity contribution in [3.63, 3.8) is 0 Å². The Morgan fingerprint density at radius 3 is 2.24 bits per heavy atom. The minimum absolute atomic E-state index is 0.0282. The van der Waals surface area contributed by atoms with E-state index in [1.807, 2.05) is 51.1 Å². The van der Waals surface area contributed by atoms with Gasteiger partial charge in [-0.25, -0.2) is 0 Å². The van der Waals surface area contributed by atoms with Gasteiger partial charge < -0.3 is 10.2 Å². The summed E-state index contributed by atoms with van der Waals surface area (Å²) in [4.78, 5) is 27.5. The van der Waals surface area contributed by atoms with Gasteiger partial charge in [0.15, 0.2) is 0 Å². The Labute approximate surface area is 126 Å². The minimum Gasteiger partial charge on any atom is -0.336 e. The molecular formula is C17H24N2O2. The van der Waals surface area contributed by atoms with Crippen LogP contribution in [-0.4, -0.2) is 28.8 Å². The van der Waals surface area contributed by atoms with Crippen LogP contribution in [0.1, 0.15) is 46.1 Å². The molecule has 0 spiro atoms. The lowest BCUT2D eigenvalue weighted by Gasteiger charge is -2.50. The minimum atomic E-state index is -0.984. The highest BCUT2D eigenvalue weighted by molar-refractivity contribution is 6.02. The van der Waals surface area contributed by atoms with Crippen molar-refractivity contribution in [1.29, 1.82) is 0 Å². The molecule has 4 nitrogen and oxygen atoms in total. The van der Waals surface area contributed by atoms with Gasteiger partial charge in [-0.15, -0.1) is 0 Å². The third kappa shape index (κ3) is 2.33. The van der Waals surface area contributed by atoms with Gasteiger partial charge in [0.2, 0.25) is 5.91 Å². The standard InChI is InChI=1S/C17H24N2O2/c1-5-12-19-15(21)17(4,13-10-8-7-9-11-13)18-14(20)16(19,3)6-2/h7-11H,5-6,12H2,1-4H3,(H,18,20). The summed E-state index contributed by atoms with van der Waals surface area (Å²) in [6.45, 7) is 8.20. The molecule has 114 valence electrons. The van der Waals surface area contributed by atoms with Crippen LogP contribution >= 0.6 is 0 Å². The van der Waals surface area contributed by atoms with Crippen molar-refractivity contribution in [1.82, 2.24) is 10.2 Å². The molecule has 1 heterocycles. The first kappa shape index (κ1) is 15.5. The quantitative estimate of drug-likeness (QED) is 0.925. The van der Waals surface area contributed by atoms with Crippen molar-refractivity contribution in [2.75, 3.05) is 6.54 Å². The topological polar surface area (TPSA) is 49.4 Å². The molecule has 0 aliphatic carbocycles. The molecule has 1 fully saturated rings. The molecule has 0 radical (unpaired) electrons. The van der Waals surface area contributed by atoms with Crippen LogP contribution in [0.25, 0.3) is 0 Å². The summed E-state index contributed by atoms with van der Waals surface area (Å²) < 4.78 is 0. The van der Waals surface area contributed by atoms with Crippen LogP contribution in [-0.2, 0) is 15.1 Å². The lowest BCUT2D eigenvalue weighted by atomic mass is 9.81. The summed E-state index contributed by atoms with van der Waals surface area (Å²) in [6.07, 6.45) is 1.44. The molecule has 2 atom stereocenters. The summed E-state index contributed by atoms with van der Waals surface area (Å²) in [5, 5.41) is 2.96. The van der Waals surface area contributed by atoms with E-state index in [1.54, 1.807) is 11.8 Å². The first-order chi connectivity index (χ1) is 9.90. The number of piperazine rings is 1. The molecule has 1 aliphatic heterocycles. The zero-order chi connectivity index (χ0) is 15.7. The number of benzene rings is 1. The van der Waals surface area contributed by atoms with E-state index < -0.39 is 11.1 Å². The molecule has 0 saturated carbocycles. The molecule has 1 saturated heterocycles. The highest BCUT2D eigenvalue weighted by atomic mass is 16.2. The molecule has 0 aromatic heterocycles. The van der Waals surface area contributed by atoms with E-state index in [0.717, 1.165) is 12.0 Å². The maximum absolute atomic E-state index is 13.1. The highest BCUT2D eigenvalue weighted by Crippen LogP contribution is 2.34. The zero-order valence-electron chi connectivity index (χ0n) is 13.3. The first-order valence-electron chi connectivity index (χ1n) is 7.60. The van der Waals surface area contributed by atoms with Gasteiger partial charge in [-0.3, -0.25) is 9.59 Å². The maximum Gasteiger partial charge on any atom is 0.253 e. The Bertz CT molecular complexity index is 543. The highest BCUT2D eigenvalue weighted by Gasteiger charge is 2.53.